The van der Waals surface area contributed by atoms with E-state index in [-0.39, 0.29) is 0 Å². The van der Waals surface area contributed by atoms with Crippen LogP contribution in [0, 0.1) is 0 Å². The predicted molar refractivity (Wildman–Crippen MR) is 85.2 cm³/mol. The third-order valence-electron chi connectivity index (χ3n) is 3.30. The van der Waals surface area contributed by atoms with E-state index in [0.29, 0.717) is 13.2 Å². The molecule has 3 rings (SSSR count). The van der Waals surface area contributed by atoms with Crippen LogP contribution in [-0.2, 0) is 6.54 Å². The van der Waals surface area contributed by atoms with E-state index in [1.165, 1.54) is 0 Å². The summed E-state index contributed by atoms with van der Waals surface area (Å²) in [5.41, 5.74) is 2.19. The normalized spacial score (nSPS) is 13.2. The minimum absolute atomic E-state index is 0.601. The van der Waals surface area contributed by atoms with Gasteiger partial charge in [0, 0.05) is 17.9 Å². The topological polar surface area (TPSA) is 36.3 Å². The van der Waals surface area contributed by atoms with E-state index in [1.807, 2.05) is 24.4 Å². The zero-order valence-corrected chi connectivity index (χ0v) is 12.9. The molecular weight excluding hydrogens is 284 g/mol. The quantitative estimate of drug-likeness (QED) is 0.624. The molecule has 21 heavy (non-hydrogen) atoms. The number of ether oxygens (including phenoxy) is 2. The Kier molecular flexibility index (Phi) is 4.20. The number of nitrogens with zero attached hydrogens (tertiary/aromatic N) is 2. The van der Waals surface area contributed by atoms with Crippen molar-refractivity contribution in [1.82, 2.24) is 9.55 Å². The average Bonchev–Trinajstić information content (AvgIpc) is 2.95. The monoisotopic (exact) mass is 302 g/mol. The lowest BCUT2D eigenvalue weighted by Gasteiger charge is -2.19. The second-order valence-electron chi connectivity index (χ2n) is 4.63. The molecule has 0 spiro atoms. The molecule has 0 N–H and O–H groups in total. The minimum atomic E-state index is 0.601. The van der Waals surface area contributed by atoms with Gasteiger partial charge in [-0.1, -0.05) is 17.8 Å². The number of aromatic nitrogens is 2. The van der Waals surface area contributed by atoms with E-state index in [1.54, 1.807) is 11.8 Å². The molecule has 0 fully saturated rings. The molecule has 0 atom stereocenters. The Morgan fingerprint density at radius 1 is 1.33 bits per heavy atom. The zero-order valence-electron chi connectivity index (χ0n) is 12.0. The SMILES string of the molecule is C=CCSc1ncc(-c2ccc3c(c2)OCCO3)n1CC. The van der Waals surface area contributed by atoms with Crippen LogP contribution in [0.4, 0.5) is 0 Å². The van der Waals surface area contributed by atoms with E-state index in [4.69, 9.17) is 9.47 Å². The Labute approximate surface area is 128 Å². The highest BCUT2D eigenvalue weighted by Crippen LogP contribution is 2.35. The summed E-state index contributed by atoms with van der Waals surface area (Å²) in [6, 6.07) is 6.05. The summed E-state index contributed by atoms with van der Waals surface area (Å²) in [5.74, 6) is 2.48. The summed E-state index contributed by atoms with van der Waals surface area (Å²) in [4.78, 5) is 4.52. The highest BCUT2D eigenvalue weighted by Gasteiger charge is 2.15. The van der Waals surface area contributed by atoms with Crippen molar-refractivity contribution in [2.75, 3.05) is 19.0 Å². The van der Waals surface area contributed by atoms with E-state index in [9.17, 15) is 0 Å². The van der Waals surface area contributed by atoms with Gasteiger partial charge in [-0.3, -0.25) is 0 Å². The smallest absolute Gasteiger partial charge is 0.168 e. The lowest BCUT2D eigenvalue weighted by atomic mass is 10.1. The van der Waals surface area contributed by atoms with Gasteiger partial charge in [0.15, 0.2) is 16.7 Å². The van der Waals surface area contributed by atoms with Crippen LogP contribution in [0.3, 0.4) is 0 Å². The molecule has 1 aliphatic heterocycles. The van der Waals surface area contributed by atoms with Gasteiger partial charge in [0.05, 0.1) is 11.9 Å². The van der Waals surface area contributed by atoms with Crippen LogP contribution < -0.4 is 9.47 Å². The first-order valence-electron chi connectivity index (χ1n) is 7.02. The highest BCUT2D eigenvalue weighted by atomic mass is 32.2. The van der Waals surface area contributed by atoms with Crippen LogP contribution in [0.15, 0.2) is 42.2 Å². The van der Waals surface area contributed by atoms with Crippen molar-refractivity contribution in [2.24, 2.45) is 0 Å². The Morgan fingerprint density at radius 2 is 2.14 bits per heavy atom. The van der Waals surface area contributed by atoms with Crippen molar-refractivity contribution >= 4 is 11.8 Å². The van der Waals surface area contributed by atoms with E-state index in [2.05, 4.69) is 29.1 Å². The van der Waals surface area contributed by atoms with Crippen LogP contribution in [0.5, 0.6) is 11.5 Å². The maximum atomic E-state index is 5.66. The van der Waals surface area contributed by atoms with Crippen molar-refractivity contribution in [3.63, 3.8) is 0 Å². The lowest BCUT2D eigenvalue weighted by Crippen LogP contribution is -2.15. The third-order valence-corrected chi connectivity index (χ3v) is 4.29. The van der Waals surface area contributed by atoms with E-state index < -0.39 is 0 Å². The number of benzene rings is 1. The molecule has 110 valence electrons. The molecule has 1 aromatic heterocycles. The predicted octanol–water partition coefficient (Wildman–Crippen LogP) is 3.62. The second-order valence-corrected chi connectivity index (χ2v) is 5.62. The molecule has 2 heterocycles. The minimum Gasteiger partial charge on any atom is -0.486 e. The fourth-order valence-corrected chi connectivity index (χ4v) is 3.12. The van der Waals surface area contributed by atoms with Crippen molar-refractivity contribution in [2.45, 2.75) is 18.6 Å². The lowest BCUT2D eigenvalue weighted by molar-refractivity contribution is 0.171. The number of hydrogen-bond acceptors (Lipinski definition) is 4. The molecule has 0 radical (unpaired) electrons. The summed E-state index contributed by atoms with van der Waals surface area (Å²) in [7, 11) is 0. The molecule has 2 aromatic rings. The standard InChI is InChI=1S/C16H18N2O2S/c1-3-9-21-16-17-11-13(18(16)4-2)12-5-6-14-15(10-12)20-8-7-19-14/h3,5-6,10-11H,1,4,7-9H2,2H3. The molecule has 1 aliphatic rings. The highest BCUT2D eigenvalue weighted by molar-refractivity contribution is 7.99. The summed E-state index contributed by atoms with van der Waals surface area (Å²) >= 11 is 1.69. The molecule has 1 aromatic carbocycles. The molecule has 0 saturated heterocycles. The third kappa shape index (κ3) is 2.78. The van der Waals surface area contributed by atoms with Crippen molar-refractivity contribution in [3.05, 3.63) is 37.1 Å². The first-order valence-corrected chi connectivity index (χ1v) is 8.01. The maximum absolute atomic E-state index is 5.66. The van der Waals surface area contributed by atoms with Crippen LogP contribution in [-0.4, -0.2) is 28.5 Å². The Morgan fingerprint density at radius 3 is 2.90 bits per heavy atom. The van der Waals surface area contributed by atoms with Gasteiger partial charge in [0.2, 0.25) is 0 Å². The largest absolute Gasteiger partial charge is 0.486 e. The van der Waals surface area contributed by atoms with E-state index in [0.717, 1.165) is 40.2 Å². The van der Waals surface area contributed by atoms with Gasteiger partial charge in [-0.15, -0.1) is 6.58 Å². The van der Waals surface area contributed by atoms with Crippen LogP contribution >= 0.6 is 11.8 Å². The molecule has 0 bridgehead atoms. The van der Waals surface area contributed by atoms with Crippen molar-refractivity contribution < 1.29 is 9.47 Å². The van der Waals surface area contributed by atoms with Crippen LogP contribution in [0.1, 0.15) is 6.92 Å². The number of fused-ring (bicyclic) bond motifs is 1. The summed E-state index contributed by atoms with van der Waals surface area (Å²) in [6.07, 6.45) is 3.81. The van der Waals surface area contributed by atoms with Gasteiger partial charge in [0.25, 0.3) is 0 Å². The van der Waals surface area contributed by atoms with Gasteiger partial charge in [-0.25, -0.2) is 4.98 Å². The molecule has 0 unspecified atom stereocenters. The first kappa shape index (κ1) is 14.1. The van der Waals surface area contributed by atoms with E-state index >= 15 is 0 Å². The molecule has 0 aliphatic carbocycles. The molecule has 5 heteroatoms. The Hall–Kier alpha value is -1.88. The van der Waals surface area contributed by atoms with Crippen LogP contribution in [0.25, 0.3) is 11.3 Å². The van der Waals surface area contributed by atoms with Gasteiger partial charge in [-0.05, 0) is 25.1 Å². The molecular formula is C16H18N2O2S. The van der Waals surface area contributed by atoms with Crippen molar-refractivity contribution in [1.29, 1.82) is 0 Å². The number of rotatable bonds is 5. The van der Waals surface area contributed by atoms with Gasteiger partial charge in [-0.2, -0.15) is 0 Å². The number of thioether (sulfide) groups is 1. The van der Waals surface area contributed by atoms with Crippen LogP contribution in [0.2, 0.25) is 0 Å². The summed E-state index contributed by atoms with van der Waals surface area (Å²) < 4.78 is 13.4. The Bertz CT molecular complexity index is 652. The maximum Gasteiger partial charge on any atom is 0.168 e. The molecule has 4 nitrogen and oxygen atoms in total. The number of hydrogen-bond donors (Lipinski definition) is 0. The summed E-state index contributed by atoms with van der Waals surface area (Å²) in [5, 5.41) is 1.02. The molecule has 0 amide bonds. The Balaban J connectivity index is 1.96. The summed E-state index contributed by atoms with van der Waals surface area (Å²) in [6.45, 7) is 7.97. The average molecular weight is 302 g/mol. The fraction of sp³-hybridized carbons (Fsp3) is 0.312. The molecule has 0 saturated carbocycles. The van der Waals surface area contributed by atoms with Gasteiger partial charge in [0.1, 0.15) is 13.2 Å². The zero-order chi connectivity index (χ0) is 14.7. The van der Waals surface area contributed by atoms with Gasteiger partial charge < -0.3 is 14.0 Å². The number of imidazole rings is 1. The van der Waals surface area contributed by atoms with Gasteiger partial charge >= 0.3 is 0 Å². The second kappa shape index (κ2) is 6.26. The first-order chi connectivity index (χ1) is 10.3. The van der Waals surface area contributed by atoms with Crippen molar-refractivity contribution in [3.8, 4) is 22.8 Å². The fourth-order valence-electron chi connectivity index (χ4n) is 2.35.